The van der Waals surface area contributed by atoms with E-state index in [0.29, 0.717) is 5.75 Å². The van der Waals surface area contributed by atoms with E-state index in [1.165, 1.54) is 24.3 Å². The predicted molar refractivity (Wildman–Crippen MR) is 74.3 cm³/mol. The predicted octanol–water partition coefficient (Wildman–Crippen LogP) is 2.06. The van der Waals surface area contributed by atoms with Gasteiger partial charge in [0.25, 0.3) is 5.78 Å². The van der Waals surface area contributed by atoms with Gasteiger partial charge < -0.3 is 14.6 Å². The standard InChI is InChI=1S/C15H18O6/c1-9(2)20-14(19)15(3,4)21-11-7-5-10(6-8-11)12(16)13(17)18/h5-9H,1-4H3,(H,17,18). The zero-order chi connectivity index (χ0) is 16.2. The molecule has 114 valence electrons. The van der Waals surface area contributed by atoms with Crippen molar-refractivity contribution >= 4 is 17.7 Å². The average molecular weight is 294 g/mol. The number of benzene rings is 1. The molecule has 0 amide bonds. The first kappa shape index (κ1) is 16.7. The molecule has 0 aromatic heterocycles. The molecule has 6 heteroatoms. The molecule has 0 aliphatic rings. The molecule has 0 saturated carbocycles. The van der Waals surface area contributed by atoms with Crippen molar-refractivity contribution < 1.29 is 29.0 Å². The van der Waals surface area contributed by atoms with Gasteiger partial charge in [0.05, 0.1) is 6.10 Å². The molecule has 0 saturated heterocycles. The minimum atomic E-state index is -1.52. The van der Waals surface area contributed by atoms with Crippen molar-refractivity contribution in [2.45, 2.75) is 39.4 Å². The smallest absolute Gasteiger partial charge is 0.377 e. The van der Waals surface area contributed by atoms with Gasteiger partial charge in [0.15, 0.2) is 5.60 Å². The maximum absolute atomic E-state index is 11.9. The summed E-state index contributed by atoms with van der Waals surface area (Å²) in [7, 11) is 0. The minimum Gasteiger partial charge on any atom is -0.476 e. The Bertz CT molecular complexity index is 542. The lowest BCUT2D eigenvalue weighted by atomic mass is 10.1. The Labute approximate surface area is 122 Å². The number of Topliss-reactive ketones (excluding diaryl/α,β-unsaturated/α-hetero) is 1. The molecule has 0 atom stereocenters. The molecule has 0 spiro atoms. The van der Waals surface area contributed by atoms with Crippen LogP contribution < -0.4 is 4.74 Å². The Morgan fingerprint density at radius 1 is 1.10 bits per heavy atom. The third-order valence-corrected chi connectivity index (χ3v) is 2.52. The van der Waals surface area contributed by atoms with Crippen LogP contribution in [0.2, 0.25) is 0 Å². The second-order valence-electron chi connectivity index (χ2n) is 5.23. The zero-order valence-corrected chi connectivity index (χ0v) is 12.4. The number of rotatable bonds is 6. The Hall–Kier alpha value is -2.37. The summed E-state index contributed by atoms with van der Waals surface area (Å²) in [4.78, 5) is 33.7. The molecule has 1 rings (SSSR count). The van der Waals surface area contributed by atoms with Crippen molar-refractivity contribution in [1.82, 2.24) is 0 Å². The fraction of sp³-hybridized carbons (Fsp3) is 0.400. The van der Waals surface area contributed by atoms with E-state index >= 15 is 0 Å². The summed E-state index contributed by atoms with van der Waals surface area (Å²) in [6.45, 7) is 6.60. The molecule has 0 heterocycles. The molecule has 0 fully saturated rings. The van der Waals surface area contributed by atoms with Crippen molar-refractivity contribution in [3.05, 3.63) is 29.8 Å². The highest BCUT2D eigenvalue weighted by Crippen LogP contribution is 2.21. The van der Waals surface area contributed by atoms with Crippen LogP contribution in [0.4, 0.5) is 0 Å². The summed E-state index contributed by atoms with van der Waals surface area (Å²) in [5, 5.41) is 8.61. The van der Waals surface area contributed by atoms with Gasteiger partial charge in [-0.1, -0.05) is 0 Å². The number of ether oxygens (including phenoxy) is 2. The number of carbonyl (C=O) groups is 3. The van der Waals surface area contributed by atoms with E-state index in [1.54, 1.807) is 27.7 Å². The summed E-state index contributed by atoms with van der Waals surface area (Å²) in [6.07, 6.45) is -0.254. The highest BCUT2D eigenvalue weighted by Gasteiger charge is 2.32. The van der Waals surface area contributed by atoms with Gasteiger partial charge in [0.1, 0.15) is 5.75 Å². The summed E-state index contributed by atoms with van der Waals surface area (Å²) in [5.41, 5.74) is -1.15. The number of ketones is 1. The maximum atomic E-state index is 11.9. The lowest BCUT2D eigenvalue weighted by Gasteiger charge is -2.25. The molecule has 1 aromatic rings. The van der Waals surface area contributed by atoms with Gasteiger partial charge >= 0.3 is 11.9 Å². The molecule has 0 bridgehead atoms. The molecule has 0 aliphatic carbocycles. The number of hydrogen-bond acceptors (Lipinski definition) is 5. The fourth-order valence-corrected chi connectivity index (χ4v) is 1.49. The number of carboxylic acids is 1. The Kier molecular flexibility index (Phi) is 5.07. The Morgan fingerprint density at radius 2 is 1.62 bits per heavy atom. The molecule has 21 heavy (non-hydrogen) atoms. The average Bonchev–Trinajstić information content (AvgIpc) is 2.37. The van der Waals surface area contributed by atoms with Crippen LogP contribution >= 0.6 is 0 Å². The number of esters is 1. The van der Waals surface area contributed by atoms with Crippen molar-refractivity contribution in [2.75, 3.05) is 0 Å². The van der Waals surface area contributed by atoms with Crippen LogP contribution in [0.1, 0.15) is 38.1 Å². The highest BCUT2D eigenvalue weighted by molar-refractivity contribution is 6.39. The molecular formula is C15H18O6. The van der Waals surface area contributed by atoms with E-state index in [-0.39, 0.29) is 11.7 Å². The van der Waals surface area contributed by atoms with Gasteiger partial charge in [0.2, 0.25) is 0 Å². The maximum Gasteiger partial charge on any atom is 0.377 e. The quantitative estimate of drug-likeness (QED) is 0.490. The summed E-state index contributed by atoms with van der Waals surface area (Å²) in [6, 6.07) is 5.52. The number of carbonyl (C=O) groups excluding carboxylic acids is 2. The van der Waals surface area contributed by atoms with Crippen LogP contribution in [0, 0.1) is 0 Å². The monoisotopic (exact) mass is 294 g/mol. The van der Waals surface area contributed by atoms with Crippen LogP contribution in [-0.2, 0) is 14.3 Å². The van der Waals surface area contributed by atoms with Crippen LogP contribution in [0.15, 0.2) is 24.3 Å². The van der Waals surface area contributed by atoms with E-state index < -0.39 is 23.3 Å². The molecule has 0 aliphatic heterocycles. The second-order valence-corrected chi connectivity index (χ2v) is 5.23. The van der Waals surface area contributed by atoms with Gasteiger partial charge in [0, 0.05) is 5.56 Å². The van der Waals surface area contributed by atoms with Crippen LogP contribution in [-0.4, -0.2) is 34.5 Å². The third-order valence-electron chi connectivity index (χ3n) is 2.52. The molecule has 0 radical (unpaired) electrons. The summed E-state index contributed by atoms with van der Waals surface area (Å²) >= 11 is 0. The van der Waals surface area contributed by atoms with Crippen molar-refractivity contribution in [1.29, 1.82) is 0 Å². The van der Waals surface area contributed by atoms with Gasteiger partial charge in [-0.05, 0) is 52.0 Å². The minimum absolute atomic E-state index is 0.0393. The van der Waals surface area contributed by atoms with E-state index in [9.17, 15) is 14.4 Å². The molecular weight excluding hydrogens is 276 g/mol. The number of carboxylic acid groups (broad SMARTS) is 1. The van der Waals surface area contributed by atoms with Crippen molar-refractivity contribution in [3.63, 3.8) is 0 Å². The number of hydrogen-bond donors (Lipinski definition) is 1. The molecule has 6 nitrogen and oxygen atoms in total. The Morgan fingerprint density at radius 3 is 2.05 bits per heavy atom. The topological polar surface area (TPSA) is 89.9 Å². The molecule has 0 unspecified atom stereocenters. The van der Waals surface area contributed by atoms with Crippen molar-refractivity contribution in [3.8, 4) is 5.75 Å². The van der Waals surface area contributed by atoms with Crippen LogP contribution in [0.25, 0.3) is 0 Å². The van der Waals surface area contributed by atoms with Crippen LogP contribution in [0.3, 0.4) is 0 Å². The first-order chi connectivity index (χ1) is 9.63. The third kappa shape index (κ3) is 4.59. The van der Waals surface area contributed by atoms with Gasteiger partial charge in [-0.2, -0.15) is 0 Å². The van der Waals surface area contributed by atoms with Gasteiger partial charge in [-0.3, -0.25) is 4.79 Å². The normalized spacial score (nSPS) is 11.1. The highest BCUT2D eigenvalue weighted by atomic mass is 16.6. The lowest BCUT2D eigenvalue weighted by molar-refractivity contribution is -0.163. The molecule has 1 aromatic carbocycles. The fourth-order valence-electron chi connectivity index (χ4n) is 1.49. The van der Waals surface area contributed by atoms with E-state index in [4.69, 9.17) is 14.6 Å². The summed E-state index contributed by atoms with van der Waals surface area (Å²) in [5.74, 6) is -2.70. The SMILES string of the molecule is CC(C)OC(=O)C(C)(C)Oc1ccc(C(=O)C(=O)O)cc1. The van der Waals surface area contributed by atoms with Gasteiger partial charge in [-0.15, -0.1) is 0 Å². The van der Waals surface area contributed by atoms with E-state index in [1.807, 2.05) is 0 Å². The van der Waals surface area contributed by atoms with Gasteiger partial charge in [-0.25, -0.2) is 9.59 Å². The summed E-state index contributed by atoms with van der Waals surface area (Å²) < 4.78 is 10.6. The first-order valence-corrected chi connectivity index (χ1v) is 6.41. The van der Waals surface area contributed by atoms with E-state index in [2.05, 4.69) is 0 Å². The number of aliphatic carboxylic acids is 1. The largest absolute Gasteiger partial charge is 0.476 e. The zero-order valence-electron chi connectivity index (χ0n) is 12.4. The Balaban J connectivity index is 2.82. The van der Waals surface area contributed by atoms with Crippen molar-refractivity contribution in [2.24, 2.45) is 0 Å². The van der Waals surface area contributed by atoms with Crippen LogP contribution in [0.5, 0.6) is 5.75 Å². The molecule has 1 N–H and O–H groups in total. The van der Waals surface area contributed by atoms with E-state index in [0.717, 1.165) is 0 Å². The lowest BCUT2D eigenvalue weighted by Crippen LogP contribution is -2.40. The first-order valence-electron chi connectivity index (χ1n) is 6.41. The second kappa shape index (κ2) is 6.39.